The quantitative estimate of drug-likeness (QED) is 0.788. The first-order valence-corrected chi connectivity index (χ1v) is 8.88. The summed E-state index contributed by atoms with van der Waals surface area (Å²) in [7, 11) is 0. The number of cyclic esters (lactones) is 1. The average molecular weight is 344 g/mol. The van der Waals surface area contributed by atoms with Gasteiger partial charge >= 0.3 is 11.9 Å². The van der Waals surface area contributed by atoms with Gasteiger partial charge in [-0.3, -0.25) is 4.79 Å². The van der Waals surface area contributed by atoms with Gasteiger partial charge in [0.15, 0.2) is 0 Å². The second-order valence-electron chi connectivity index (χ2n) is 7.81. The molecule has 0 aromatic carbocycles. The van der Waals surface area contributed by atoms with E-state index in [1.54, 1.807) is 12.5 Å². The van der Waals surface area contributed by atoms with Gasteiger partial charge in [0.2, 0.25) is 5.79 Å². The molecule has 2 fully saturated rings. The molecule has 1 spiro atoms. The fourth-order valence-electron chi connectivity index (χ4n) is 5.57. The molecule has 5 rings (SSSR count). The minimum Gasteiger partial charge on any atom is -0.472 e. The molecule has 6 nitrogen and oxygen atoms in total. The number of furan rings is 1. The lowest BCUT2D eigenvalue weighted by atomic mass is 9.53. The number of hydrogen-bond donors (Lipinski definition) is 1. The van der Waals surface area contributed by atoms with Crippen LogP contribution in [0.5, 0.6) is 0 Å². The second-order valence-corrected chi connectivity index (χ2v) is 7.81. The summed E-state index contributed by atoms with van der Waals surface area (Å²) in [5.74, 6) is -2.56. The van der Waals surface area contributed by atoms with Gasteiger partial charge in [-0.1, -0.05) is 6.92 Å². The number of ether oxygens (including phenoxy) is 2. The zero-order chi connectivity index (χ0) is 17.4. The van der Waals surface area contributed by atoms with Crippen LogP contribution in [0.3, 0.4) is 0 Å². The van der Waals surface area contributed by atoms with E-state index >= 15 is 0 Å². The molecular weight excluding hydrogens is 324 g/mol. The van der Waals surface area contributed by atoms with Crippen molar-refractivity contribution in [3.05, 3.63) is 35.3 Å². The Kier molecular flexibility index (Phi) is 2.89. The molecule has 25 heavy (non-hydrogen) atoms. The van der Waals surface area contributed by atoms with Crippen LogP contribution < -0.4 is 0 Å². The Morgan fingerprint density at radius 3 is 2.88 bits per heavy atom. The minimum absolute atomic E-state index is 0.152. The molecule has 1 saturated heterocycles. The van der Waals surface area contributed by atoms with E-state index in [0.717, 1.165) is 18.4 Å². The molecule has 2 aliphatic carbocycles. The monoisotopic (exact) mass is 344 g/mol. The highest BCUT2D eigenvalue weighted by Gasteiger charge is 2.68. The Bertz CT molecular complexity index is 793. The standard InChI is InChI=1S/C19H20O6/c1-10-7-19(22)15-12(16(20)25-19)3-2-4-13(15)18(10)8-14(24-17(18)21)11-5-6-23-9-11/h5-6,9-10,13-14,22H,2-4,7-8H2,1H3/t10-,13-,14-,18+,19-/m0/s1. The van der Waals surface area contributed by atoms with E-state index in [0.29, 0.717) is 24.0 Å². The van der Waals surface area contributed by atoms with Crippen molar-refractivity contribution in [2.24, 2.45) is 17.3 Å². The number of fused-ring (bicyclic) bond motifs is 1. The smallest absolute Gasteiger partial charge is 0.336 e. The Balaban J connectivity index is 1.62. The van der Waals surface area contributed by atoms with Crippen molar-refractivity contribution >= 4 is 11.9 Å². The van der Waals surface area contributed by atoms with Crippen molar-refractivity contribution in [1.29, 1.82) is 0 Å². The molecule has 132 valence electrons. The molecule has 1 aromatic heterocycles. The molecule has 6 heteroatoms. The van der Waals surface area contributed by atoms with Gasteiger partial charge < -0.3 is 19.0 Å². The van der Waals surface area contributed by atoms with E-state index in [1.165, 1.54) is 0 Å². The van der Waals surface area contributed by atoms with Gasteiger partial charge in [-0.25, -0.2) is 4.79 Å². The molecular formula is C19H20O6. The van der Waals surface area contributed by atoms with Crippen LogP contribution in [-0.2, 0) is 19.1 Å². The molecule has 5 atom stereocenters. The lowest BCUT2D eigenvalue weighted by Gasteiger charge is -2.49. The molecule has 1 N–H and O–H groups in total. The van der Waals surface area contributed by atoms with Gasteiger partial charge in [0.05, 0.1) is 17.9 Å². The zero-order valence-electron chi connectivity index (χ0n) is 14.0. The minimum atomic E-state index is -1.55. The molecule has 1 saturated carbocycles. The van der Waals surface area contributed by atoms with Crippen molar-refractivity contribution in [2.75, 3.05) is 0 Å². The number of rotatable bonds is 1. The van der Waals surface area contributed by atoms with E-state index in [-0.39, 0.29) is 30.3 Å². The van der Waals surface area contributed by atoms with Gasteiger partial charge in [-0.05, 0) is 31.2 Å². The zero-order valence-corrected chi connectivity index (χ0v) is 14.0. The normalized spacial score (nSPS) is 42.6. The van der Waals surface area contributed by atoms with Crippen molar-refractivity contribution in [2.45, 2.75) is 50.9 Å². The van der Waals surface area contributed by atoms with Crippen LogP contribution in [0.15, 0.2) is 34.2 Å². The average Bonchev–Trinajstić information content (AvgIpc) is 3.25. The largest absolute Gasteiger partial charge is 0.472 e. The van der Waals surface area contributed by atoms with Gasteiger partial charge in [-0.2, -0.15) is 0 Å². The first-order valence-electron chi connectivity index (χ1n) is 8.88. The summed E-state index contributed by atoms with van der Waals surface area (Å²) in [6.45, 7) is 1.95. The maximum Gasteiger partial charge on any atom is 0.336 e. The van der Waals surface area contributed by atoms with Gasteiger partial charge in [0, 0.05) is 35.5 Å². The van der Waals surface area contributed by atoms with E-state index in [4.69, 9.17) is 13.9 Å². The summed E-state index contributed by atoms with van der Waals surface area (Å²) in [4.78, 5) is 25.3. The van der Waals surface area contributed by atoms with Crippen LogP contribution in [-0.4, -0.2) is 22.8 Å². The van der Waals surface area contributed by atoms with E-state index in [9.17, 15) is 14.7 Å². The van der Waals surface area contributed by atoms with E-state index in [2.05, 4.69) is 0 Å². The summed E-state index contributed by atoms with van der Waals surface area (Å²) in [5.41, 5.74) is 1.35. The van der Waals surface area contributed by atoms with Crippen molar-refractivity contribution in [3.63, 3.8) is 0 Å². The molecule has 0 amide bonds. The van der Waals surface area contributed by atoms with Crippen molar-refractivity contribution in [3.8, 4) is 0 Å². The van der Waals surface area contributed by atoms with Crippen molar-refractivity contribution < 1.29 is 28.6 Å². The van der Waals surface area contributed by atoms with Crippen LogP contribution in [0.2, 0.25) is 0 Å². The summed E-state index contributed by atoms with van der Waals surface area (Å²) < 4.78 is 16.2. The number of esters is 2. The highest BCUT2D eigenvalue weighted by atomic mass is 16.7. The third kappa shape index (κ3) is 1.78. The predicted octanol–water partition coefficient (Wildman–Crippen LogP) is 2.64. The SMILES string of the molecule is C[C@H]1C[C@]2(O)OC(=O)C3=C2[C@H](CCC3)[C@@]12C[C@@H](c1ccoc1)OC2=O. The predicted molar refractivity (Wildman–Crippen MR) is 83.8 cm³/mol. The highest BCUT2D eigenvalue weighted by molar-refractivity contribution is 5.94. The number of hydrogen-bond acceptors (Lipinski definition) is 6. The summed E-state index contributed by atoms with van der Waals surface area (Å²) in [6, 6.07) is 1.81. The summed E-state index contributed by atoms with van der Waals surface area (Å²) in [6.07, 6.45) is 5.79. The number of carbonyl (C=O) groups is 2. The van der Waals surface area contributed by atoms with Crippen LogP contribution in [0, 0.1) is 17.3 Å². The van der Waals surface area contributed by atoms with Crippen LogP contribution in [0.1, 0.15) is 50.7 Å². The third-order valence-electron chi connectivity index (χ3n) is 6.67. The Morgan fingerprint density at radius 1 is 1.28 bits per heavy atom. The fourth-order valence-corrected chi connectivity index (χ4v) is 5.57. The molecule has 1 aromatic rings. The van der Waals surface area contributed by atoms with E-state index in [1.807, 2.05) is 13.0 Å². The topological polar surface area (TPSA) is 86.0 Å². The van der Waals surface area contributed by atoms with Gasteiger partial charge in [0.1, 0.15) is 6.10 Å². The van der Waals surface area contributed by atoms with Gasteiger partial charge in [-0.15, -0.1) is 0 Å². The lowest BCUT2D eigenvalue weighted by Crippen LogP contribution is -2.54. The fraction of sp³-hybridized carbons (Fsp3) is 0.579. The van der Waals surface area contributed by atoms with Gasteiger partial charge in [0.25, 0.3) is 0 Å². The van der Waals surface area contributed by atoms with Crippen LogP contribution in [0.4, 0.5) is 0 Å². The van der Waals surface area contributed by atoms with E-state index < -0.39 is 17.2 Å². The maximum absolute atomic E-state index is 13.1. The molecule has 0 radical (unpaired) electrons. The summed E-state index contributed by atoms with van der Waals surface area (Å²) >= 11 is 0. The third-order valence-corrected chi connectivity index (χ3v) is 6.67. The molecule has 2 aliphatic heterocycles. The molecule has 0 bridgehead atoms. The maximum atomic E-state index is 13.1. The Labute approximate surface area is 144 Å². The first kappa shape index (κ1) is 15.2. The van der Waals surface area contributed by atoms with Crippen molar-refractivity contribution in [1.82, 2.24) is 0 Å². The molecule has 3 heterocycles. The highest BCUT2D eigenvalue weighted by Crippen LogP contribution is 2.64. The molecule has 0 unspecified atom stereocenters. The molecule has 4 aliphatic rings. The van der Waals surface area contributed by atoms with Crippen LogP contribution in [0.25, 0.3) is 0 Å². The lowest BCUT2D eigenvalue weighted by molar-refractivity contribution is -0.205. The first-order chi connectivity index (χ1) is 12.0. The Hall–Kier alpha value is -2.08. The Morgan fingerprint density at radius 2 is 2.12 bits per heavy atom. The second kappa shape index (κ2) is 4.75. The number of aliphatic hydroxyl groups is 1. The summed E-state index contributed by atoms with van der Waals surface area (Å²) in [5, 5.41) is 11.0. The van der Waals surface area contributed by atoms with Crippen LogP contribution >= 0.6 is 0 Å². The number of carbonyl (C=O) groups excluding carboxylic acids is 2.